The fourth-order valence-electron chi connectivity index (χ4n) is 6.03. The van der Waals surface area contributed by atoms with Crippen molar-refractivity contribution in [2.45, 2.75) is 130 Å². The molecule has 0 spiro atoms. The fraction of sp³-hybridized carbons (Fsp3) is 0.750. The summed E-state index contributed by atoms with van der Waals surface area (Å²) in [6.45, 7) is 11.5. The minimum Gasteiger partial charge on any atom is -0.343 e. The molecule has 1 heterocycles. The quantitative estimate of drug-likeness (QED) is 0.355. The standard InChI is InChI=1S/C20H37N3O2.C12H18/c1-4-9-15-12-13-23(17(15)5-2)20(25)18(22-19(24)14(3)21)16-10-7-6-8-11-16;1-3-11(2)9-10-12-7-5-4-6-8-12/h14-18H,4-13,21H2,1-3H3,(H,22,24);4-8,11H,3,9-10H2,1-2H3/t14-,15?,17?,18?;/m0./s1. The molecule has 0 aromatic heterocycles. The molecular weight excluding hydrogens is 458 g/mol. The molecule has 2 amide bonds. The normalized spacial score (nSPS) is 22.5. The van der Waals surface area contributed by atoms with E-state index < -0.39 is 12.1 Å². The van der Waals surface area contributed by atoms with E-state index in [-0.39, 0.29) is 17.7 Å². The van der Waals surface area contributed by atoms with Gasteiger partial charge in [-0.1, -0.05) is 90.1 Å². The number of aryl methyl sites for hydroxylation is 1. The Labute approximate surface area is 227 Å². The minimum atomic E-state index is -0.577. The first-order valence-corrected chi connectivity index (χ1v) is 15.2. The number of nitrogens with zero attached hydrogens (tertiary/aromatic N) is 1. The maximum absolute atomic E-state index is 13.4. The van der Waals surface area contributed by atoms with Gasteiger partial charge in [-0.15, -0.1) is 0 Å². The van der Waals surface area contributed by atoms with Crippen molar-refractivity contribution in [3.63, 3.8) is 0 Å². The first-order chi connectivity index (χ1) is 17.8. The number of nitrogens with two attached hydrogens (primary N) is 1. The Morgan fingerprint density at radius 3 is 2.27 bits per heavy atom. The average Bonchev–Trinajstić information content (AvgIpc) is 3.34. The maximum atomic E-state index is 13.4. The summed E-state index contributed by atoms with van der Waals surface area (Å²) in [6, 6.07) is 10.1. The Hall–Kier alpha value is -1.88. The van der Waals surface area contributed by atoms with Crippen LogP contribution in [0.5, 0.6) is 0 Å². The Balaban J connectivity index is 0.000000335. The molecule has 1 aliphatic carbocycles. The molecule has 5 atom stereocenters. The average molecular weight is 514 g/mol. The SMILES string of the molecule is CCC(C)CCc1ccccc1.CCCC1CCN(C(=O)C(NC(=O)[C@H](C)N)C2CCCCC2)C1CC. The molecule has 2 fully saturated rings. The molecule has 1 aromatic carbocycles. The molecule has 1 saturated carbocycles. The van der Waals surface area contributed by atoms with E-state index in [2.05, 4.69) is 68.2 Å². The van der Waals surface area contributed by atoms with Gasteiger partial charge in [0.25, 0.3) is 0 Å². The summed E-state index contributed by atoms with van der Waals surface area (Å²) < 4.78 is 0. The van der Waals surface area contributed by atoms with Gasteiger partial charge < -0.3 is 16.0 Å². The topological polar surface area (TPSA) is 75.4 Å². The van der Waals surface area contributed by atoms with Gasteiger partial charge in [0, 0.05) is 12.6 Å². The van der Waals surface area contributed by atoms with E-state index in [1.807, 2.05) is 0 Å². The van der Waals surface area contributed by atoms with Crippen LogP contribution in [0.1, 0.15) is 111 Å². The molecule has 210 valence electrons. The van der Waals surface area contributed by atoms with Gasteiger partial charge in [0.2, 0.25) is 11.8 Å². The second-order valence-corrected chi connectivity index (χ2v) is 11.6. The van der Waals surface area contributed by atoms with Gasteiger partial charge in [0.15, 0.2) is 0 Å². The highest BCUT2D eigenvalue weighted by atomic mass is 16.2. The van der Waals surface area contributed by atoms with Crippen LogP contribution in [0.25, 0.3) is 0 Å². The van der Waals surface area contributed by atoms with Crippen molar-refractivity contribution >= 4 is 11.8 Å². The van der Waals surface area contributed by atoms with Crippen molar-refractivity contribution in [2.75, 3.05) is 6.54 Å². The molecule has 4 unspecified atom stereocenters. The van der Waals surface area contributed by atoms with Gasteiger partial charge >= 0.3 is 0 Å². The van der Waals surface area contributed by atoms with E-state index in [1.165, 1.54) is 37.7 Å². The van der Waals surface area contributed by atoms with Gasteiger partial charge in [-0.05, 0) is 75.2 Å². The number of likely N-dealkylation sites (tertiary alicyclic amines) is 1. The Kier molecular flexibility index (Phi) is 14.3. The number of amides is 2. The highest BCUT2D eigenvalue weighted by Gasteiger charge is 2.41. The van der Waals surface area contributed by atoms with Gasteiger partial charge in [0.1, 0.15) is 6.04 Å². The Morgan fingerprint density at radius 1 is 1.03 bits per heavy atom. The van der Waals surface area contributed by atoms with Crippen LogP contribution in [0, 0.1) is 17.8 Å². The van der Waals surface area contributed by atoms with Crippen molar-refractivity contribution in [1.29, 1.82) is 0 Å². The van der Waals surface area contributed by atoms with Crippen LogP contribution >= 0.6 is 0 Å². The number of hydrogen-bond acceptors (Lipinski definition) is 3. The molecule has 3 rings (SSSR count). The van der Waals surface area contributed by atoms with E-state index >= 15 is 0 Å². The summed E-state index contributed by atoms with van der Waals surface area (Å²) in [5.41, 5.74) is 7.22. The van der Waals surface area contributed by atoms with Gasteiger partial charge in [-0.2, -0.15) is 0 Å². The highest BCUT2D eigenvalue weighted by molar-refractivity contribution is 5.90. The van der Waals surface area contributed by atoms with E-state index in [4.69, 9.17) is 5.73 Å². The number of hydrogen-bond donors (Lipinski definition) is 2. The molecule has 2 aliphatic rings. The van der Waals surface area contributed by atoms with E-state index in [9.17, 15) is 9.59 Å². The number of carbonyl (C=O) groups excluding carboxylic acids is 2. The summed E-state index contributed by atoms with van der Waals surface area (Å²) >= 11 is 0. The molecule has 1 saturated heterocycles. The molecular formula is C32H55N3O2. The zero-order chi connectivity index (χ0) is 27.2. The van der Waals surface area contributed by atoms with E-state index in [0.717, 1.165) is 57.4 Å². The molecule has 1 aromatic rings. The molecule has 1 aliphatic heterocycles. The van der Waals surface area contributed by atoms with Gasteiger partial charge in [0.05, 0.1) is 6.04 Å². The summed E-state index contributed by atoms with van der Waals surface area (Å²) in [4.78, 5) is 27.7. The van der Waals surface area contributed by atoms with Crippen molar-refractivity contribution < 1.29 is 9.59 Å². The van der Waals surface area contributed by atoms with E-state index in [0.29, 0.717) is 12.0 Å². The monoisotopic (exact) mass is 513 g/mol. The minimum absolute atomic E-state index is 0.131. The summed E-state index contributed by atoms with van der Waals surface area (Å²) in [5, 5.41) is 3.00. The third-order valence-electron chi connectivity index (χ3n) is 8.61. The largest absolute Gasteiger partial charge is 0.343 e. The molecule has 5 heteroatoms. The van der Waals surface area contributed by atoms with Crippen LogP contribution < -0.4 is 11.1 Å². The second-order valence-electron chi connectivity index (χ2n) is 11.6. The van der Waals surface area contributed by atoms with Crippen molar-refractivity contribution in [3.8, 4) is 0 Å². The number of rotatable bonds is 11. The van der Waals surface area contributed by atoms with Crippen LogP contribution in [0.15, 0.2) is 30.3 Å². The number of nitrogens with one attached hydrogen (secondary N) is 1. The van der Waals surface area contributed by atoms with Crippen molar-refractivity contribution in [2.24, 2.45) is 23.5 Å². The first-order valence-electron chi connectivity index (χ1n) is 15.2. The van der Waals surface area contributed by atoms with Crippen LogP contribution in [-0.2, 0) is 16.0 Å². The number of benzene rings is 1. The van der Waals surface area contributed by atoms with Gasteiger partial charge in [-0.25, -0.2) is 0 Å². The molecule has 37 heavy (non-hydrogen) atoms. The lowest BCUT2D eigenvalue weighted by molar-refractivity contribution is -0.139. The lowest BCUT2D eigenvalue weighted by atomic mass is 9.83. The molecule has 5 nitrogen and oxygen atoms in total. The maximum Gasteiger partial charge on any atom is 0.245 e. The van der Waals surface area contributed by atoms with Gasteiger partial charge in [-0.3, -0.25) is 9.59 Å². The zero-order valence-electron chi connectivity index (χ0n) is 24.4. The molecule has 0 radical (unpaired) electrons. The van der Waals surface area contributed by atoms with Crippen LogP contribution in [0.4, 0.5) is 0 Å². The number of carbonyl (C=O) groups is 2. The Bertz CT molecular complexity index is 775. The third-order valence-corrected chi connectivity index (χ3v) is 8.61. The second kappa shape index (κ2) is 16.9. The highest BCUT2D eigenvalue weighted by Crippen LogP contribution is 2.33. The lowest BCUT2D eigenvalue weighted by Gasteiger charge is -2.36. The molecule has 0 bridgehead atoms. The smallest absolute Gasteiger partial charge is 0.245 e. The summed E-state index contributed by atoms with van der Waals surface area (Å²) in [5.74, 6) is 1.65. The first kappa shape index (κ1) is 31.3. The van der Waals surface area contributed by atoms with Crippen LogP contribution in [0.3, 0.4) is 0 Å². The predicted octanol–water partition coefficient (Wildman–Crippen LogP) is 6.49. The predicted molar refractivity (Wildman–Crippen MR) is 155 cm³/mol. The summed E-state index contributed by atoms with van der Waals surface area (Å²) in [6.07, 6.45) is 13.9. The zero-order valence-corrected chi connectivity index (χ0v) is 24.4. The summed E-state index contributed by atoms with van der Waals surface area (Å²) in [7, 11) is 0. The van der Waals surface area contributed by atoms with Crippen LogP contribution in [0.2, 0.25) is 0 Å². The third kappa shape index (κ3) is 10.1. The Morgan fingerprint density at radius 2 is 1.70 bits per heavy atom. The fourth-order valence-corrected chi connectivity index (χ4v) is 6.03. The van der Waals surface area contributed by atoms with Crippen LogP contribution in [-0.4, -0.2) is 41.4 Å². The van der Waals surface area contributed by atoms with Crippen molar-refractivity contribution in [3.05, 3.63) is 35.9 Å². The lowest BCUT2D eigenvalue weighted by Crippen LogP contribution is -2.56. The van der Waals surface area contributed by atoms with Crippen molar-refractivity contribution in [1.82, 2.24) is 10.2 Å². The molecule has 3 N–H and O–H groups in total. The van der Waals surface area contributed by atoms with E-state index in [1.54, 1.807) is 6.92 Å².